The van der Waals surface area contributed by atoms with E-state index in [1.807, 2.05) is 32.0 Å². The smallest absolute Gasteiger partial charge is 0.268 e. The van der Waals surface area contributed by atoms with Gasteiger partial charge in [-0.25, -0.2) is 0 Å². The zero-order chi connectivity index (χ0) is 16.3. The molecule has 0 fully saturated rings. The number of benzene rings is 1. The highest BCUT2D eigenvalue weighted by atomic mass is 16.5. The van der Waals surface area contributed by atoms with Gasteiger partial charge in [0.1, 0.15) is 11.4 Å². The van der Waals surface area contributed by atoms with E-state index in [4.69, 9.17) is 4.74 Å². The van der Waals surface area contributed by atoms with Crippen molar-refractivity contribution in [3.63, 3.8) is 0 Å². The molecular formula is C17H20N2O3. The van der Waals surface area contributed by atoms with Gasteiger partial charge in [-0.15, -0.1) is 0 Å². The van der Waals surface area contributed by atoms with E-state index in [1.54, 1.807) is 13.2 Å². The molecule has 0 aliphatic heterocycles. The fourth-order valence-electron chi connectivity index (χ4n) is 2.27. The molecule has 5 nitrogen and oxygen atoms in total. The van der Waals surface area contributed by atoms with Crippen molar-refractivity contribution in [3.8, 4) is 5.75 Å². The summed E-state index contributed by atoms with van der Waals surface area (Å²) < 4.78 is 5.34. The number of ketones is 1. The van der Waals surface area contributed by atoms with Crippen LogP contribution in [0, 0.1) is 6.92 Å². The SMILES string of the molecule is COc1ccc(C)cc1C(C)NC(=O)c1cc(C(C)=O)c[nH]1. The fraction of sp³-hybridized carbons (Fsp3) is 0.294. The van der Waals surface area contributed by atoms with Gasteiger partial charge in [-0.1, -0.05) is 17.7 Å². The number of hydrogen-bond donors (Lipinski definition) is 2. The zero-order valence-electron chi connectivity index (χ0n) is 13.2. The minimum absolute atomic E-state index is 0.0799. The van der Waals surface area contributed by atoms with Gasteiger partial charge in [0, 0.05) is 17.3 Å². The third-order valence-electron chi connectivity index (χ3n) is 3.53. The zero-order valence-corrected chi connectivity index (χ0v) is 13.2. The van der Waals surface area contributed by atoms with Gasteiger partial charge in [0.05, 0.1) is 13.2 Å². The summed E-state index contributed by atoms with van der Waals surface area (Å²) in [7, 11) is 1.60. The van der Waals surface area contributed by atoms with Gasteiger partial charge >= 0.3 is 0 Å². The number of methoxy groups -OCH3 is 1. The maximum Gasteiger partial charge on any atom is 0.268 e. The number of H-pyrrole nitrogens is 1. The Kier molecular flexibility index (Phi) is 4.65. The Morgan fingerprint density at radius 3 is 2.59 bits per heavy atom. The Balaban J connectivity index is 2.17. The summed E-state index contributed by atoms with van der Waals surface area (Å²) in [6.45, 7) is 5.34. The van der Waals surface area contributed by atoms with E-state index in [2.05, 4.69) is 10.3 Å². The first-order valence-corrected chi connectivity index (χ1v) is 7.07. The number of carbonyl (C=O) groups excluding carboxylic acids is 2. The Labute approximate surface area is 129 Å². The molecule has 2 rings (SSSR count). The normalized spacial score (nSPS) is 11.8. The molecule has 0 aliphatic carbocycles. The standard InChI is InChI=1S/C17H20N2O3/c1-10-5-6-16(22-4)14(7-10)11(2)19-17(21)15-8-13(9-18-15)12(3)20/h5-9,11,18H,1-4H3,(H,19,21). The summed E-state index contributed by atoms with van der Waals surface area (Å²) in [5.74, 6) is 0.390. The van der Waals surface area contributed by atoms with Gasteiger partial charge in [0.2, 0.25) is 0 Å². The average Bonchev–Trinajstić information content (AvgIpc) is 2.97. The molecule has 0 spiro atoms. The Bertz CT molecular complexity index is 704. The molecule has 1 amide bonds. The lowest BCUT2D eigenvalue weighted by Crippen LogP contribution is -2.27. The lowest BCUT2D eigenvalue weighted by atomic mass is 10.0. The van der Waals surface area contributed by atoms with Crippen molar-refractivity contribution in [2.75, 3.05) is 7.11 Å². The maximum absolute atomic E-state index is 12.3. The number of hydrogen-bond acceptors (Lipinski definition) is 3. The molecule has 1 heterocycles. The summed E-state index contributed by atoms with van der Waals surface area (Å²) in [5.41, 5.74) is 2.86. The fourth-order valence-corrected chi connectivity index (χ4v) is 2.27. The van der Waals surface area contributed by atoms with Crippen LogP contribution in [0.1, 0.15) is 51.9 Å². The van der Waals surface area contributed by atoms with Crippen molar-refractivity contribution in [1.82, 2.24) is 10.3 Å². The monoisotopic (exact) mass is 300 g/mol. The Hall–Kier alpha value is -2.56. The lowest BCUT2D eigenvalue weighted by molar-refractivity contribution is 0.0935. The number of aromatic amines is 1. The number of amides is 1. The largest absolute Gasteiger partial charge is 0.496 e. The summed E-state index contributed by atoms with van der Waals surface area (Å²) in [5, 5.41) is 2.91. The number of rotatable bonds is 5. The molecule has 22 heavy (non-hydrogen) atoms. The van der Waals surface area contributed by atoms with E-state index >= 15 is 0 Å². The summed E-state index contributed by atoms with van der Waals surface area (Å²) >= 11 is 0. The van der Waals surface area contributed by atoms with Crippen LogP contribution in [0.2, 0.25) is 0 Å². The first-order valence-electron chi connectivity index (χ1n) is 7.07. The van der Waals surface area contributed by atoms with Crippen LogP contribution in [0.15, 0.2) is 30.5 Å². The lowest BCUT2D eigenvalue weighted by Gasteiger charge is -2.17. The highest BCUT2D eigenvalue weighted by Gasteiger charge is 2.17. The van der Waals surface area contributed by atoms with Crippen LogP contribution in [-0.4, -0.2) is 23.8 Å². The highest BCUT2D eigenvalue weighted by Crippen LogP contribution is 2.26. The summed E-state index contributed by atoms with van der Waals surface area (Å²) in [6.07, 6.45) is 1.54. The van der Waals surface area contributed by atoms with Crippen molar-refractivity contribution in [1.29, 1.82) is 0 Å². The third-order valence-corrected chi connectivity index (χ3v) is 3.53. The molecule has 1 aromatic heterocycles. The average molecular weight is 300 g/mol. The number of ether oxygens (including phenoxy) is 1. The van der Waals surface area contributed by atoms with Crippen LogP contribution in [0.5, 0.6) is 5.75 Å². The van der Waals surface area contributed by atoms with Crippen LogP contribution in [0.3, 0.4) is 0 Å². The molecular weight excluding hydrogens is 280 g/mol. The van der Waals surface area contributed by atoms with E-state index in [-0.39, 0.29) is 17.7 Å². The Morgan fingerprint density at radius 1 is 1.27 bits per heavy atom. The van der Waals surface area contributed by atoms with Crippen molar-refractivity contribution in [2.24, 2.45) is 0 Å². The first kappa shape index (κ1) is 15.8. The molecule has 0 radical (unpaired) electrons. The molecule has 1 unspecified atom stereocenters. The van der Waals surface area contributed by atoms with Gasteiger partial charge < -0.3 is 15.0 Å². The maximum atomic E-state index is 12.3. The molecule has 2 N–H and O–H groups in total. The molecule has 5 heteroatoms. The second-order valence-corrected chi connectivity index (χ2v) is 5.30. The van der Waals surface area contributed by atoms with Crippen molar-refractivity contribution in [3.05, 3.63) is 52.8 Å². The van der Waals surface area contributed by atoms with Gasteiger partial charge in [-0.3, -0.25) is 9.59 Å². The molecule has 116 valence electrons. The highest BCUT2D eigenvalue weighted by molar-refractivity contribution is 5.99. The summed E-state index contributed by atoms with van der Waals surface area (Å²) in [6, 6.07) is 7.17. The van der Waals surface area contributed by atoms with E-state index in [1.165, 1.54) is 13.1 Å². The molecule has 0 bridgehead atoms. The predicted molar refractivity (Wildman–Crippen MR) is 84.4 cm³/mol. The Morgan fingerprint density at radius 2 is 2.00 bits per heavy atom. The van der Waals surface area contributed by atoms with Gasteiger partial charge in [-0.2, -0.15) is 0 Å². The molecule has 0 saturated carbocycles. The second-order valence-electron chi connectivity index (χ2n) is 5.30. The molecule has 0 saturated heterocycles. The predicted octanol–water partition coefficient (Wildman–Crippen LogP) is 3.03. The van der Waals surface area contributed by atoms with E-state index in [0.717, 1.165) is 16.9 Å². The minimum atomic E-state index is -0.261. The van der Waals surface area contributed by atoms with Crippen molar-refractivity contribution in [2.45, 2.75) is 26.8 Å². The second kappa shape index (κ2) is 6.47. The van der Waals surface area contributed by atoms with Crippen LogP contribution in [0.25, 0.3) is 0 Å². The number of Topliss-reactive ketones (excluding diaryl/α,β-unsaturated/α-hetero) is 1. The van der Waals surface area contributed by atoms with Crippen LogP contribution in [-0.2, 0) is 0 Å². The van der Waals surface area contributed by atoms with Crippen LogP contribution >= 0.6 is 0 Å². The van der Waals surface area contributed by atoms with E-state index < -0.39 is 0 Å². The van der Waals surface area contributed by atoms with Crippen molar-refractivity contribution < 1.29 is 14.3 Å². The molecule has 1 atom stereocenters. The molecule has 2 aromatic rings. The van der Waals surface area contributed by atoms with E-state index in [0.29, 0.717) is 11.3 Å². The number of aryl methyl sites for hydroxylation is 1. The van der Waals surface area contributed by atoms with Gasteiger partial charge in [-0.05, 0) is 32.9 Å². The van der Waals surface area contributed by atoms with Crippen LogP contribution in [0.4, 0.5) is 0 Å². The number of carbonyl (C=O) groups is 2. The molecule has 0 aliphatic rings. The number of nitrogens with one attached hydrogen (secondary N) is 2. The first-order chi connectivity index (χ1) is 10.4. The summed E-state index contributed by atoms with van der Waals surface area (Å²) in [4.78, 5) is 26.4. The van der Waals surface area contributed by atoms with Crippen molar-refractivity contribution >= 4 is 11.7 Å². The topological polar surface area (TPSA) is 71.2 Å². The van der Waals surface area contributed by atoms with E-state index in [9.17, 15) is 9.59 Å². The number of aromatic nitrogens is 1. The quantitative estimate of drug-likeness (QED) is 0.834. The van der Waals surface area contributed by atoms with Gasteiger partial charge in [0.15, 0.2) is 5.78 Å². The third kappa shape index (κ3) is 3.36. The molecule has 1 aromatic carbocycles. The minimum Gasteiger partial charge on any atom is -0.496 e. The van der Waals surface area contributed by atoms with Crippen LogP contribution < -0.4 is 10.1 Å². The van der Waals surface area contributed by atoms with Gasteiger partial charge in [0.25, 0.3) is 5.91 Å².